The second kappa shape index (κ2) is 2.76. The molecule has 13 heavy (non-hydrogen) atoms. The Kier molecular flexibility index (Phi) is 1.58. The second-order valence-electron chi connectivity index (χ2n) is 4.23. The summed E-state index contributed by atoms with van der Waals surface area (Å²) in [6.45, 7) is 0. The number of hydrogen-bond acceptors (Lipinski definition) is 1. The maximum atomic E-state index is 3.64. The largest absolute Gasteiger partial charge is 0.381 e. The van der Waals surface area contributed by atoms with Crippen LogP contribution in [0.2, 0.25) is 0 Å². The number of fused-ring (bicyclic) bond motifs is 3. The van der Waals surface area contributed by atoms with E-state index in [0.717, 1.165) is 12.0 Å². The van der Waals surface area contributed by atoms with Gasteiger partial charge in [0.25, 0.3) is 0 Å². The van der Waals surface area contributed by atoms with Gasteiger partial charge in [-0.05, 0) is 24.5 Å². The Labute approximate surface area is 79.2 Å². The molecule has 1 heterocycles. The van der Waals surface area contributed by atoms with Gasteiger partial charge in [0.15, 0.2) is 0 Å². The first-order valence-electron chi connectivity index (χ1n) is 5.30. The van der Waals surface area contributed by atoms with Crippen LogP contribution < -0.4 is 5.32 Å². The van der Waals surface area contributed by atoms with Crippen molar-refractivity contribution < 1.29 is 0 Å². The SMILES string of the molecule is c1ccc2c(c1)N[C@@H]1CCCC[C@@H]21. The number of nitrogens with one attached hydrogen (secondary N) is 1. The van der Waals surface area contributed by atoms with E-state index in [1.807, 2.05) is 0 Å². The standard InChI is InChI=1S/C12H15N/c1-3-7-11-9(5-1)10-6-2-4-8-12(10)13-11/h1,3,5,7,10,12-13H,2,4,6,8H2/t10-,12+/m0/s1. The van der Waals surface area contributed by atoms with E-state index in [0.29, 0.717) is 0 Å². The molecule has 1 N–H and O–H groups in total. The zero-order valence-corrected chi connectivity index (χ0v) is 7.79. The fourth-order valence-electron chi connectivity index (χ4n) is 2.83. The first-order valence-corrected chi connectivity index (χ1v) is 5.30. The normalized spacial score (nSPS) is 30.5. The van der Waals surface area contributed by atoms with E-state index < -0.39 is 0 Å². The molecule has 2 atom stereocenters. The van der Waals surface area contributed by atoms with Crippen molar-refractivity contribution in [3.05, 3.63) is 29.8 Å². The molecule has 1 aliphatic heterocycles. The monoisotopic (exact) mass is 173 g/mol. The van der Waals surface area contributed by atoms with Crippen molar-refractivity contribution in [3.63, 3.8) is 0 Å². The molecule has 0 unspecified atom stereocenters. The molecule has 1 heteroatoms. The molecule has 0 radical (unpaired) electrons. The van der Waals surface area contributed by atoms with Crippen molar-refractivity contribution in [1.82, 2.24) is 0 Å². The molecule has 1 fully saturated rings. The van der Waals surface area contributed by atoms with Crippen LogP contribution in [0.15, 0.2) is 24.3 Å². The van der Waals surface area contributed by atoms with Gasteiger partial charge in [0.05, 0.1) is 0 Å². The van der Waals surface area contributed by atoms with Gasteiger partial charge < -0.3 is 5.32 Å². The molecule has 0 saturated heterocycles. The molecule has 1 nitrogen and oxygen atoms in total. The molecule has 0 amide bonds. The zero-order chi connectivity index (χ0) is 8.67. The number of benzene rings is 1. The van der Waals surface area contributed by atoms with E-state index >= 15 is 0 Å². The summed E-state index contributed by atoms with van der Waals surface area (Å²) in [5.41, 5.74) is 2.95. The van der Waals surface area contributed by atoms with E-state index in [9.17, 15) is 0 Å². The van der Waals surface area contributed by atoms with Crippen LogP contribution in [0, 0.1) is 0 Å². The number of anilines is 1. The first-order chi connectivity index (χ1) is 6.45. The predicted octanol–water partition coefficient (Wildman–Crippen LogP) is 3.14. The highest BCUT2D eigenvalue weighted by atomic mass is 15.0. The molecule has 0 spiro atoms. The Bertz CT molecular complexity index is 319. The van der Waals surface area contributed by atoms with Crippen molar-refractivity contribution in [2.75, 3.05) is 5.32 Å². The Morgan fingerprint density at radius 1 is 1.08 bits per heavy atom. The van der Waals surface area contributed by atoms with E-state index in [1.54, 1.807) is 5.56 Å². The molecule has 1 saturated carbocycles. The third-order valence-corrected chi connectivity index (χ3v) is 3.47. The average molecular weight is 173 g/mol. The third kappa shape index (κ3) is 1.06. The van der Waals surface area contributed by atoms with Crippen LogP contribution in [0.5, 0.6) is 0 Å². The van der Waals surface area contributed by atoms with Gasteiger partial charge >= 0.3 is 0 Å². The maximum Gasteiger partial charge on any atom is 0.0378 e. The van der Waals surface area contributed by atoms with Crippen LogP contribution >= 0.6 is 0 Å². The smallest absolute Gasteiger partial charge is 0.0378 e. The molecule has 3 rings (SSSR count). The minimum absolute atomic E-state index is 0.742. The van der Waals surface area contributed by atoms with E-state index in [4.69, 9.17) is 0 Å². The van der Waals surface area contributed by atoms with E-state index in [2.05, 4.69) is 29.6 Å². The van der Waals surface area contributed by atoms with Crippen molar-refractivity contribution in [2.24, 2.45) is 0 Å². The van der Waals surface area contributed by atoms with Crippen LogP contribution in [0.25, 0.3) is 0 Å². The highest BCUT2D eigenvalue weighted by Gasteiger charge is 2.33. The van der Waals surface area contributed by atoms with Gasteiger partial charge in [-0.3, -0.25) is 0 Å². The van der Waals surface area contributed by atoms with Crippen LogP contribution in [-0.2, 0) is 0 Å². The van der Waals surface area contributed by atoms with Crippen molar-refractivity contribution >= 4 is 5.69 Å². The quantitative estimate of drug-likeness (QED) is 0.635. The van der Waals surface area contributed by atoms with Gasteiger partial charge in [0, 0.05) is 17.6 Å². The zero-order valence-electron chi connectivity index (χ0n) is 7.79. The minimum Gasteiger partial charge on any atom is -0.381 e. The van der Waals surface area contributed by atoms with Gasteiger partial charge in [-0.15, -0.1) is 0 Å². The summed E-state index contributed by atoms with van der Waals surface area (Å²) in [5.74, 6) is 0.810. The summed E-state index contributed by atoms with van der Waals surface area (Å²) in [7, 11) is 0. The van der Waals surface area contributed by atoms with Gasteiger partial charge in [0.1, 0.15) is 0 Å². The molecular formula is C12H15N. The summed E-state index contributed by atoms with van der Waals surface area (Å²) in [5, 5.41) is 3.64. The van der Waals surface area contributed by atoms with Crippen LogP contribution in [0.1, 0.15) is 37.2 Å². The molecule has 68 valence electrons. The molecule has 1 aliphatic carbocycles. The van der Waals surface area contributed by atoms with Crippen molar-refractivity contribution in [3.8, 4) is 0 Å². The highest BCUT2D eigenvalue weighted by Crippen LogP contribution is 2.43. The summed E-state index contributed by atoms with van der Waals surface area (Å²) >= 11 is 0. The van der Waals surface area contributed by atoms with Crippen LogP contribution in [-0.4, -0.2) is 6.04 Å². The molecule has 2 aliphatic rings. The summed E-state index contributed by atoms with van der Waals surface area (Å²) < 4.78 is 0. The van der Waals surface area contributed by atoms with Gasteiger partial charge in [-0.2, -0.15) is 0 Å². The minimum atomic E-state index is 0.742. The van der Waals surface area contributed by atoms with Gasteiger partial charge in [-0.25, -0.2) is 0 Å². The van der Waals surface area contributed by atoms with Crippen molar-refractivity contribution in [2.45, 2.75) is 37.6 Å². The Balaban J connectivity index is 2.01. The Morgan fingerprint density at radius 2 is 1.92 bits per heavy atom. The summed E-state index contributed by atoms with van der Waals surface area (Å²) in [6, 6.07) is 9.54. The van der Waals surface area contributed by atoms with Gasteiger partial charge in [0.2, 0.25) is 0 Å². The van der Waals surface area contributed by atoms with E-state index in [1.165, 1.54) is 31.4 Å². The third-order valence-electron chi connectivity index (χ3n) is 3.47. The fraction of sp³-hybridized carbons (Fsp3) is 0.500. The summed E-state index contributed by atoms with van der Waals surface area (Å²) in [6.07, 6.45) is 5.56. The number of hydrogen-bond donors (Lipinski definition) is 1. The molecule has 0 bridgehead atoms. The lowest BCUT2D eigenvalue weighted by Gasteiger charge is -2.25. The lowest BCUT2D eigenvalue weighted by molar-refractivity contribution is 0.422. The van der Waals surface area contributed by atoms with Crippen LogP contribution in [0.4, 0.5) is 5.69 Å². The fourth-order valence-corrected chi connectivity index (χ4v) is 2.83. The van der Waals surface area contributed by atoms with Crippen molar-refractivity contribution in [1.29, 1.82) is 0 Å². The molecule has 1 aromatic rings. The second-order valence-corrected chi connectivity index (χ2v) is 4.23. The maximum absolute atomic E-state index is 3.64. The van der Waals surface area contributed by atoms with Crippen LogP contribution in [0.3, 0.4) is 0 Å². The molecule has 0 aromatic heterocycles. The highest BCUT2D eigenvalue weighted by molar-refractivity contribution is 5.59. The number of rotatable bonds is 0. The topological polar surface area (TPSA) is 12.0 Å². The van der Waals surface area contributed by atoms with Gasteiger partial charge in [-0.1, -0.05) is 31.0 Å². The molecule has 1 aromatic carbocycles. The molecular weight excluding hydrogens is 158 g/mol. The average Bonchev–Trinajstić information content (AvgIpc) is 2.56. The predicted molar refractivity (Wildman–Crippen MR) is 55.1 cm³/mol. The number of para-hydroxylation sites is 1. The lowest BCUT2D eigenvalue weighted by atomic mass is 9.83. The summed E-state index contributed by atoms with van der Waals surface area (Å²) in [4.78, 5) is 0. The first kappa shape index (κ1) is 7.43. The lowest BCUT2D eigenvalue weighted by Crippen LogP contribution is -2.23. The van der Waals surface area contributed by atoms with E-state index in [-0.39, 0.29) is 0 Å². The Hall–Kier alpha value is -0.980. The Morgan fingerprint density at radius 3 is 2.92 bits per heavy atom.